The van der Waals surface area contributed by atoms with Crippen LogP contribution in [0.15, 0.2) is 67.0 Å². The standard InChI is InChI=1S/C23H16O11.H2O/c24-11(9-31-14-3-1-5-16-20(14)12(25)7-18(33-16)22(27)28)10-32-15-4-2-6-17-21(15)13(26)8-19(34-17)23(29)30;/h1-8,11,24H,9-10H2,(H,27,28)(H,29,30);1H2. The molecular formula is C23H18O12. The van der Waals surface area contributed by atoms with Crippen molar-refractivity contribution in [1.29, 1.82) is 0 Å². The van der Waals surface area contributed by atoms with Crippen LogP contribution in [0.25, 0.3) is 21.9 Å². The maximum atomic E-state index is 12.3. The van der Waals surface area contributed by atoms with Crippen molar-refractivity contribution >= 4 is 33.9 Å². The number of aliphatic hydroxyl groups is 1. The molecule has 0 aliphatic heterocycles. The number of aromatic carboxylic acids is 2. The number of aliphatic hydroxyl groups excluding tert-OH is 1. The Balaban J connectivity index is 0.00000342. The van der Waals surface area contributed by atoms with E-state index in [9.17, 15) is 24.3 Å². The van der Waals surface area contributed by atoms with E-state index in [0.29, 0.717) is 0 Å². The Kier molecular flexibility index (Phi) is 7.18. The Labute approximate surface area is 194 Å². The van der Waals surface area contributed by atoms with E-state index in [2.05, 4.69) is 0 Å². The molecule has 0 fully saturated rings. The van der Waals surface area contributed by atoms with E-state index in [1.54, 1.807) is 0 Å². The maximum Gasteiger partial charge on any atom is 0.371 e. The smallest absolute Gasteiger partial charge is 0.371 e. The lowest BCUT2D eigenvalue weighted by Gasteiger charge is -2.15. The highest BCUT2D eigenvalue weighted by atomic mass is 16.5. The number of benzene rings is 2. The third-order valence-electron chi connectivity index (χ3n) is 4.72. The lowest BCUT2D eigenvalue weighted by Crippen LogP contribution is -2.25. The monoisotopic (exact) mass is 486 g/mol. The molecule has 0 atom stereocenters. The van der Waals surface area contributed by atoms with E-state index >= 15 is 0 Å². The zero-order valence-corrected chi connectivity index (χ0v) is 17.7. The summed E-state index contributed by atoms with van der Waals surface area (Å²) in [6.07, 6.45) is -1.19. The van der Waals surface area contributed by atoms with Gasteiger partial charge >= 0.3 is 11.9 Å². The van der Waals surface area contributed by atoms with Crippen LogP contribution in [0.2, 0.25) is 0 Å². The molecule has 0 saturated carbocycles. The molecule has 0 unspecified atom stereocenters. The van der Waals surface area contributed by atoms with Crippen LogP contribution in [0, 0.1) is 0 Å². The van der Waals surface area contributed by atoms with Crippen LogP contribution in [-0.4, -0.2) is 52.1 Å². The molecule has 12 heteroatoms. The van der Waals surface area contributed by atoms with E-state index in [-0.39, 0.29) is 52.1 Å². The summed E-state index contributed by atoms with van der Waals surface area (Å²) in [6, 6.07) is 10.4. The van der Waals surface area contributed by atoms with E-state index < -0.39 is 40.4 Å². The van der Waals surface area contributed by atoms with Crippen LogP contribution in [0.4, 0.5) is 0 Å². The number of ether oxygens (including phenoxy) is 2. The summed E-state index contributed by atoms with van der Waals surface area (Å²) < 4.78 is 21.4. The predicted molar refractivity (Wildman–Crippen MR) is 119 cm³/mol. The maximum absolute atomic E-state index is 12.3. The van der Waals surface area contributed by atoms with Crippen molar-refractivity contribution < 1.29 is 48.7 Å². The molecule has 0 amide bonds. The Morgan fingerprint density at radius 2 is 1.17 bits per heavy atom. The predicted octanol–water partition coefficient (Wildman–Crippen LogP) is 1.29. The number of rotatable bonds is 8. The van der Waals surface area contributed by atoms with Crippen molar-refractivity contribution in [2.24, 2.45) is 0 Å². The van der Waals surface area contributed by atoms with Gasteiger partial charge in [0.1, 0.15) is 52.8 Å². The van der Waals surface area contributed by atoms with Gasteiger partial charge in [-0.2, -0.15) is 0 Å². The fourth-order valence-electron chi connectivity index (χ4n) is 3.23. The summed E-state index contributed by atoms with van der Waals surface area (Å²) in [6.45, 7) is -0.608. The lowest BCUT2D eigenvalue weighted by atomic mass is 10.2. The highest BCUT2D eigenvalue weighted by molar-refractivity contribution is 5.90. The number of fused-ring (bicyclic) bond motifs is 2. The van der Waals surface area contributed by atoms with Gasteiger partial charge in [0.05, 0.1) is 0 Å². The largest absolute Gasteiger partial charge is 0.490 e. The van der Waals surface area contributed by atoms with Gasteiger partial charge in [-0.15, -0.1) is 0 Å². The molecule has 0 aliphatic rings. The van der Waals surface area contributed by atoms with Gasteiger partial charge in [-0.3, -0.25) is 9.59 Å². The first-order chi connectivity index (χ1) is 16.2. The highest BCUT2D eigenvalue weighted by Gasteiger charge is 2.17. The first-order valence-corrected chi connectivity index (χ1v) is 9.78. The van der Waals surface area contributed by atoms with Crippen LogP contribution in [-0.2, 0) is 0 Å². The summed E-state index contributed by atoms with van der Waals surface area (Å²) in [5, 5.41) is 28.4. The molecule has 35 heavy (non-hydrogen) atoms. The van der Waals surface area contributed by atoms with Crippen molar-refractivity contribution in [3.05, 3.63) is 80.5 Å². The number of hydrogen-bond acceptors (Lipinski definition) is 9. The van der Waals surface area contributed by atoms with Crippen LogP contribution in [0.1, 0.15) is 21.1 Å². The summed E-state index contributed by atoms with van der Waals surface area (Å²) in [4.78, 5) is 46.8. The number of carboxylic acid groups (broad SMARTS) is 2. The van der Waals surface area contributed by atoms with Crippen molar-refractivity contribution in [2.75, 3.05) is 13.2 Å². The Morgan fingerprint density at radius 1 is 0.771 bits per heavy atom. The van der Waals surface area contributed by atoms with E-state index in [4.69, 9.17) is 28.5 Å². The van der Waals surface area contributed by atoms with Gasteiger partial charge in [0, 0.05) is 12.1 Å². The van der Waals surface area contributed by atoms with Gasteiger partial charge in [-0.25, -0.2) is 9.59 Å². The molecule has 0 saturated heterocycles. The summed E-state index contributed by atoms with van der Waals surface area (Å²) in [5.41, 5.74) is -1.22. The SMILES string of the molecule is O.O=C(O)c1cc(=O)c2c(OCC(O)COc3cccc4oc(C(=O)O)cc(=O)c34)cccc2o1. The van der Waals surface area contributed by atoms with Crippen LogP contribution in [0.3, 0.4) is 0 Å². The second kappa shape index (κ2) is 10.1. The Morgan fingerprint density at radius 3 is 1.54 bits per heavy atom. The molecule has 2 aromatic carbocycles. The van der Waals surface area contributed by atoms with Crippen LogP contribution in [0.5, 0.6) is 11.5 Å². The van der Waals surface area contributed by atoms with Gasteiger partial charge in [-0.05, 0) is 24.3 Å². The minimum absolute atomic E-state index is 0. The number of carboxylic acids is 2. The summed E-state index contributed by atoms with van der Waals surface area (Å²) in [5.74, 6) is -3.65. The molecule has 0 radical (unpaired) electrons. The summed E-state index contributed by atoms with van der Waals surface area (Å²) >= 11 is 0. The van der Waals surface area contributed by atoms with Crippen molar-refractivity contribution in [2.45, 2.75) is 6.10 Å². The Hall–Kier alpha value is -4.68. The van der Waals surface area contributed by atoms with E-state index in [1.807, 2.05) is 0 Å². The highest BCUT2D eigenvalue weighted by Crippen LogP contribution is 2.25. The molecule has 2 heterocycles. The van der Waals surface area contributed by atoms with Crippen molar-refractivity contribution in [3.63, 3.8) is 0 Å². The van der Waals surface area contributed by atoms with E-state index in [0.717, 1.165) is 12.1 Å². The summed E-state index contributed by atoms with van der Waals surface area (Å²) in [7, 11) is 0. The normalized spacial score (nSPS) is 10.8. The number of carbonyl (C=O) groups is 2. The average Bonchev–Trinajstić information content (AvgIpc) is 2.80. The van der Waals surface area contributed by atoms with Crippen molar-refractivity contribution in [3.8, 4) is 11.5 Å². The second-order valence-electron chi connectivity index (χ2n) is 7.09. The molecule has 4 aromatic rings. The molecule has 182 valence electrons. The molecule has 0 bridgehead atoms. The third kappa shape index (κ3) is 5.13. The fourth-order valence-corrected chi connectivity index (χ4v) is 3.23. The fraction of sp³-hybridized carbons (Fsp3) is 0.130. The van der Waals surface area contributed by atoms with Crippen molar-refractivity contribution in [1.82, 2.24) is 0 Å². The minimum atomic E-state index is -1.39. The van der Waals surface area contributed by atoms with Gasteiger partial charge in [0.15, 0.2) is 10.9 Å². The first kappa shape index (κ1) is 25.0. The zero-order chi connectivity index (χ0) is 24.4. The molecule has 2 aromatic heterocycles. The van der Waals surface area contributed by atoms with Crippen LogP contribution >= 0.6 is 0 Å². The quantitative estimate of drug-likeness (QED) is 0.323. The topological polar surface area (TPSA) is 205 Å². The average molecular weight is 486 g/mol. The zero-order valence-electron chi connectivity index (χ0n) is 17.7. The van der Waals surface area contributed by atoms with E-state index in [1.165, 1.54) is 36.4 Å². The Bertz CT molecular complexity index is 1420. The third-order valence-corrected chi connectivity index (χ3v) is 4.72. The first-order valence-electron chi connectivity index (χ1n) is 9.78. The van der Waals surface area contributed by atoms with Gasteiger partial charge in [-0.1, -0.05) is 12.1 Å². The molecule has 0 aliphatic carbocycles. The van der Waals surface area contributed by atoms with Gasteiger partial charge in [0.25, 0.3) is 0 Å². The molecule has 5 N–H and O–H groups in total. The van der Waals surface area contributed by atoms with Gasteiger partial charge < -0.3 is 39.1 Å². The molecule has 0 spiro atoms. The second-order valence-corrected chi connectivity index (χ2v) is 7.09. The van der Waals surface area contributed by atoms with Crippen LogP contribution < -0.4 is 20.3 Å². The minimum Gasteiger partial charge on any atom is -0.490 e. The number of hydrogen-bond donors (Lipinski definition) is 3. The lowest BCUT2D eigenvalue weighted by molar-refractivity contribution is 0.0636. The van der Waals surface area contributed by atoms with Gasteiger partial charge in [0.2, 0.25) is 11.5 Å². The molecular weight excluding hydrogens is 468 g/mol. The molecule has 4 rings (SSSR count). The molecule has 12 nitrogen and oxygen atoms in total.